The van der Waals surface area contributed by atoms with Crippen molar-refractivity contribution in [2.24, 2.45) is 23.2 Å². The molecule has 4 aliphatic carbocycles. The largest absolute Gasteiger partial charge is 0.361 e. The van der Waals surface area contributed by atoms with Gasteiger partial charge in [-0.05, 0) is 85.1 Å². The van der Waals surface area contributed by atoms with E-state index in [9.17, 15) is 13.6 Å². The average Bonchev–Trinajstić information content (AvgIpc) is 3.12. The summed E-state index contributed by atoms with van der Waals surface area (Å²) in [4.78, 5) is 16.3. The van der Waals surface area contributed by atoms with Crippen LogP contribution in [0.4, 0.5) is 8.78 Å². The zero-order valence-electron chi connectivity index (χ0n) is 20.4. The van der Waals surface area contributed by atoms with E-state index < -0.39 is 30.4 Å². The fraction of sp³-hybridized carbons (Fsp3) is 0.615. The second kappa shape index (κ2) is 9.17. The fourth-order valence-corrected chi connectivity index (χ4v) is 9.09. The lowest BCUT2D eigenvalue weighted by molar-refractivity contribution is -0.144. The number of amides is 1. The maximum atomic E-state index is 14.7. The van der Waals surface area contributed by atoms with Gasteiger partial charge in [0.15, 0.2) is 0 Å². The minimum atomic E-state index is -1.19. The van der Waals surface area contributed by atoms with Crippen LogP contribution in [-0.2, 0) is 9.53 Å². The van der Waals surface area contributed by atoms with Crippen LogP contribution in [0.5, 0.6) is 0 Å². The highest BCUT2D eigenvalue weighted by Crippen LogP contribution is 2.60. The molecular formula is C26H36F2N2O2SSi. The Morgan fingerprint density at radius 3 is 2.38 bits per heavy atom. The quantitative estimate of drug-likeness (QED) is 0.261. The third-order valence-electron chi connectivity index (χ3n) is 7.92. The van der Waals surface area contributed by atoms with Crippen LogP contribution in [0, 0.1) is 34.8 Å². The lowest BCUT2D eigenvalue weighted by Gasteiger charge is -2.55. The van der Waals surface area contributed by atoms with Crippen molar-refractivity contribution in [2.75, 3.05) is 13.3 Å². The second-order valence-electron chi connectivity index (χ2n) is 12.1. The third kappa shape index (κ3) is 5.04. The molecule has 1 aromatic carbocycles. The van der Waals surface area contributed by atoms with Crippen molar-refractivity contribution in [3.8, 4) is 0 Å². The molecule has 0 radical (unpaired) electrons. The summed E-state index contributed by atoms with van der Waals surface area (Å²) in [5.41, 5.74) is 1.99. The van der Waals surface area contributed by atoms with Crippen molar-refractivity contribution in [1.29, 1.82) is 0 Å². The van der Waals surface area contributed by atoms with Gasteiger partial charge in [0.1, 0.15) is 18.4 Å². The molecule has 4 fully saturated rings. The Hall–Kier alpha value is -1.51. The molecule has 1 N–H and O–H groups in total. The molecule has 8 heteroatoms. The predicted octanol–water partition coefficient (Wildman–Crippen LogP) is 6.17. The summed E-state index contributed by atoms with van der Waals surface area (Å²) in [5, 5.41) is 0. The van der Waals surface area contributed by atoms with Crippen molar-refractivity contribution in [2.45, 2.75) is 64.2 Å². The molecule has 1 unspecified atom stereocenters. The van der Waals surface area contributed by atoms with Gasteiger partial charge in [0.25, 0.3) is 0 Å². The van der Waals surface area contributed by atoms with Crippen LogP contribution in [0.25, 0.3) is 4.91 Å². The van der Waals surface area contributed by atoms with Gasteiger partial charge in [-0.3, -0.25) is 4.79 Å². The summed E-state index contributed by atoms with van der Waals surface area (Å²) < 4.78 is 37.5. The number of hydrogen-bond acceptors (Lipinski definition) is 3. The number of hydrogen-bond donors (Lipinski definition) is 1. The minimum Gasteiger partial charge on any atom is -0.361 e. The summed E-state index contributed by atoms with van der Waals surface area (Å²) in [7, 11) is -1.99. The second-order valence-corrected chi connectivity index (χ2v) is 19.2. The van der Waals surface area contributed by atoms with Crippen LogP contribution in [-0.4, -0.2) is 37.7 Å². The van der Waals surface area contributed by atoms with E-state index in [2.05, 4.69) is 24.4 Å². The van der Waals surface area contributed by atoms with Gasteiger partial charge in [-0.2, -0.15) is 0 Å². The van der Waals surface area contributed by atoms with Gasteiger partial charge in [0, 0.05) is 37.4 Å². The fourth-order valence-electron chi connectivity index (χ4n) is 6.60. The van der Waals surface area contributed by atoms with E-state index in [-0.39, 0.29) is 11.3 Å². The third-order valence-corrected chi connectivity index (χ3v) is 11.3. The number of nitrogens with zero attached hydrogens (tertiary/aromatic N) is 1. The first-order valence-corrected chi connectivity index (χ1v) is 17.5. The van der Waals surface area contributed by atoms with Crippen LogP contribution in [0.1, 0.15) is 44.1 Å². The number of rotatable bonds is 8. The Labute approximate surface area is 205 Å². The number of nitrogens with one attached hydrogen (secondary N) is 1. The number of benzene rings is 1. The molecular weight excluding hydrogens is 470 g/mol. The molecule has 0 spiro atoms. The number of carbonyl (C=O) groups excluding carboxylic acids is 1. The number of carbonyl (C=O) groups is 1. The predicted molar refractivity (Wildman–Crippen MR) is 138 cm³/mol. The van der Waals surface area contributed by atoms with Crippen molar-refractivity contribution in [1.82, 2.24) is 9.62 Å². The van der Waals surface area contributed by atoms with Gasteiger partial charge in [-0.1, -0.05) is 19.6 Å². The molecule has 4 saturated carbocycles. The monoisotopic (exact) mass is 506 g/mol. The standard InChI is InChI=1S/C26H36F2N2O2SSi/c1-34(2,3)7-6-32-16-30-15-24(22-5-4-21(27)11-23(22)28)33(17-30)29-25(31)26-12-18-8-19(13-26)10-20(9-18)14-26/h4-5,11,15,17-20H,6-10,12-14,16H2,1-3H3,(H,29,31). The molecule has 1 amide bonds. The van der Waals surface area contributed by atoms with E-state index in [1.165, 1.54) is 31.4 Å². The highest BCUT2D eigenvalue weighted by atomic mass is 32.2. The Morgan fingerprint density at radius 1 is 1.15 bits per heavy atom. The molecule has 186 valence electrons. The van der Waals surface area contributed by atoms with E-state index in [1.54, 1.807) is 0 Å². The van der Waals surface area contributed by atoms with Crippen molar-refractivity contribution in [3.63, 3.8) is 0 Å². The maximum Gasteiger partial charge on any atom is 0.235 e. The highest BCUT2D eigenvalue weighted by molar-refractivity contribution is 8.22. The Kier molecular flexibility index (Phi) is 6.53. The molecule has 0 saturated heterocycles. The lowest BCUT2D eigenvalue weighted by atomic mass is 9.49. The van der Waals surface area contributed by atoms with Crippen LogP contribution in [0.15, 0.2) is 24.4 Å². The molecule has 34 heavy (non-hydrogen) atoms. The molecule has 1 aliphatic heterocycles. The first-order valence-electron chi connectivity index (χ1n) is 12.5. The van der Waals surface area contributed by atoms with E-state index in [0.29, 0.717) is 41.6 Å². The Morgan fingerprint density at radius 2 is 1.79 bits per heavy atom. The average molecular weight is 507 g/mol. The smallest absolute Gasteiger partial charge is 0.235 e. The Balaban J connectivity index is 1.34. The molecule has 6 rings (SSSR count). The summed E-state index contributed by atoms with van der Waals surface area (Å²) >= 11 is 0. The molecule has 1 atom stereocenters. The van der Waals surface area contributed by atoms with Crippen LogP contribution in [0.3, 0.4) is 0 Å². The number of ether oxygens (including phenoxy) is 1. The first-order chi connectivity index (χ1) is 16.1. The molecule has 4 nitrogen and oxygen atoms in total. The van der Waals surface area contributed by atoms with Gasteiger partial charge < -0.3 is 14.4 Å². The lowest BCUT2D eigenvalue weighted by Crippen LogP contribution is -2.52. The Bertz CT molecular complexity index is 1000. The van der Waals surface area contributed by atoms with E-state index in [1.807, 2.05) is 16.6 Å². The SMILES string of the molecule is C[Si](C)(C)CCOCN1C=C(c2ccc(F)cc2F)S(NC(=O)C23CC4CC(CC(C4)C2)C3)=C1. The van der Waals surface area contributed by atoms with Gasteiger partial charge in [-0.25, -0.2) is 8.78 Å². The van der Waals surface area contributed by atoms with E-state index in [4.69, 9.17) is 4.74 Å². The summed E-state index contributed by atoms with van der Waals surface area (Å²) in [6.45, 7) is 7.97. The zero-order chi connectivity index (χ0) is 24.1. The van der Waals surface area contributed by atoms with Gasteiger partial charge in [0.2, 0.25) is 5.91 Å². The molecule has 4 bridgehead atoms. The normalized spacial score (nSPS) is 32.0. The summed E-state index contributed by atoms with van der Waals surface area (Å²) in [6, 6.07) is 4.72. The first kappa shape index (κ1) is 24.2. The van der Waals surface area contributed by atoms with Crippen LogP contribution in [0.2, 0.25) is 25.7 Å². The van der Waals surface area contributed by atoms with Gasteiger partial charge in [0.05, 0.1) is 10.9 Å². The van der Waals surface area contributed by atoms with Crippen molar-refractivity contribution >= 4 is 35.0 Å². The molecule has 1 heterocycles. The van der Waals surface area contributed by atoms with Gasteiger partial charge in [-0.15, -0.1) is 0 Å². The highest BCUT2D eigenvalue weighted by Gasteiger charge is 2.54. The topological polar surface area (TPSA) is 41.6 Å². The van der Waals surface area contributed by atoms with Gasteiger partial charge >= 0.3 is 0 Å². The van der Waals surface area contributed by atoms with E-state index in [0.717, 1.165) is 31.4 Å². The molecule has 1 aromatic rings. The van der Waals surface area contributed by atoms with Crippen molar-refractivity contribution in [3.05, 3.63) is 41.6 Å². The van der Waals surface area contributed by atoms with E-state index >= 15 is 0 Å². The number of halogens is 2. The minimum absolute atomic E-state index is 0.112. The summed E-state index contributed by atoms with van der Waals surface area (Å²) in [5.74, 6) is 0.924. The molecule has 5 aliphatic rings. The van der Waals surface area contributed by atoms with Crippen LogP contribution >= 0.6 is 10.7 Å². The summed E-state index contributed by atoms with van der Waals surface area (Å²) in [6.07, 6.45) is 8.62. The van der Waals surface area contributed by atoms with Crippen molar-refractivity contribution < 1.29 is 18.3 Å². The maximum absolute atomic E-state index is 14.7. The van der Waals surface area contributed by atoms with Crippen LogP contribution < -0.4 is 4.72 Å². The molecule has 0 aromatic heterocycles. The zero-order valence-corrected chi connectivity index (χ0v) is 22.2.